The lowest BCUT2D eigenvalue weighted by Crippen LogP contribution is -2.23. The Morgan fingerprint density at radius 1 is 1.23 bits per heavy atom. The van der Waals surface area contributed by atoms with Gasteiger partial charge in [-0.05, 0) is 70.9 Å². The molecule has 7 nitrogen and oxygen atoms in total. The average Bonchev–Trinajstić information content (AvgIpc) is 3.36. The van der Waals surface area contributed by atoms with Crippen LogP contribution in [-0.4, -0.2) is 41.0 Å². The molecule has 0 N–H and O–H groups in total. The summed E-state index contributed by atoms with van der Waals surface area (Å²) in [5.41, 5.74) is 2.19. The van der Waals surface area contributed by atoms with E-state index in [-0.39, 0.29) is 11.6 Å². The summed E-state index contributed by atoms with van der Waals surface area (Å²) >= 11 is 10.7. The van der Waals surface area contributed by atoms with Crippen LogP contribution in [0.1, 0.15) is 18.4 Å². The van der Waals surface area contributed by atoms with Crippen LogP contribution >= 0.6 is 39.3 Å². The Balaban J connectivity index is 1.70. The van der Waals surface area contributed by atoms with E-state index in [1.165, 1.54) is 28.8 Å². The van der Waals surface area contributed by atoms with Crippen LogP contribution in [0.4, 0.5) is 17.1 Å². The molecule has 2 aliphatic heterocycles. The molecule has 2 aromatic carbocycles. The third-order valence-electron chi connectivity index (χ3n) is 5.09. The fourth-order valence-electron chi connectivity index (χ4n) is 3.48. The highest BCUT2D eigenvalue weighted by molar-refractivity contribution is 9.10. The quantitative estimate of drug-likeness (QED) is 0.287. The summed E-state index contributed by atoms with van der Waals surface area (Å²) in [7, 11) is 1.66. The van der Waals surface area contributed by atoms with E-state index in [0.29, 0.717) is 26.3 Å². The molecule has 4 rings (SSSR count). The SMILES string of the molecule is CN1C(=O)/C(=C/c2cc([N+](=O)[O-])ccc2N2CCCC2)SC1=Nc1ccc(Br)c(Cl)c1. The van der Waals surface area contributed by atoms with E-state index >= 15 is 0 Å². The molecule has 0 unspecified atom stereocenters. The number of carbonyl (C=O) groups is 1. The van der Waals surface area contributed by atoms with Crippen LogP contribution in [0.15, 0.2) is 50.8 Å². The highest BCUT2D eigenvalue weighted by Gasteiger charge is 2.31. The maximum Gasteiger partial charge on any atom is 0.270 e. The average molecular weight is 522 g/mol. The van der Waals surface area contributed by atoms with Crippen LogP contribution in [0.3, 0.4) is 0 Å². The first-order valence-corrected chi connectivity index (χ1v) is 11.6. The third kappa shape index (κ3) is 4.63. The zero-order valence-electron chi connectivity index (χ0n) is 16.5. The van der Waals surface area contributed by atoms with Crippen molar-refractivity contribution < 1.29 is 9.72 Å². The summed E-state index contributed by atoms with van der Waals surface area (Å²) in [4.78, 5) is 32.4. The summed E-state index contributed by atoms with van der Waals surface area (Å²) < 4.78 is 0.766. The van der Waals surface area contributed by atoms with E-state index in [0.717, 1.165) is 36.1 Å². The Bertz CT molecular complexity index is 1130. The van der Waals surface area contributed by atoms with Gasteiger partial charge in [0.2, 0.25) is 0 Å². The van der Waals surface area contributed by atoms with Crippen molar-refractivity contribution in [2.75, 3.05) is 25.0 Å². The number of rotatable bonds is 4. The molecule has 2 aromatic rings. The zero-order valence-corrected chi connectivity index (χ0v) is 19.7. The van der Waals surface area contributed by atoms with Crippen LogP contribution in [0.2, 0.25) is 5.02 Å². The molecule has 0 aromatic heterocycles. The Labute approximate surface area is 197 Å². The van der Waals surface area contributed by atoms with E-state index in [9.17, 15) is 14.9 Å². The van der Waals surface area contributed by atoms with Crippen molar-refractivity contribution >= 4 is 73.5 Å². The van der Waals surface area contributed by atoms with Gasteiger partial charge in [0, 0.05) is 48.0 Å². The second-order valence-electron chi connectivity index (χ2n) is 7.16. The third-order valence-corrected chi connectivity index (χ3v) is 7.38. The molecule has 31 heavy (non-hydrogen) atoms. The molecular weight excluding hydrogens is 504 g/mol. The Morgan fingerprint density at radius 2 is 1.97 bits per heavy atom. The summed E-state index contributed by atoms with van der Waals surface area (Å²) in [5.74, 6) is -0.203. The monoisotopic (exact) mass is 520 g/mol. The topological polar surface area (TPSA) is 79.0 Å². The number of hydrogen-bond acceptors (Lipinski definition) is 6. The van der Waals surface area contributed by atoms with Gasteiger partial charge in [-0.15, -0.1) is 0 Å². The first-order valence-electron chi connectivity index (χ1n) is 9.58. The summed E-state index contributed by atoms with van der Waals surface area (Å²) in [6.07, 6.45) is 3.88. The molecule has 0 saturated carbocycles. The van der Waals surface area contributed by atoms with Gasteiger partial charge in [-0.3, -0.25) is 19.8 Å². The standard InChI is InChI=1S/C21H18BrClN4O3S/c1-25-20(28)19(31-21(25)24-14-4-6-16(22)17(23)12-14)11-13-10-15(27(29)30)5-7-18(13)26-8-2-3-9-26/h4-7,10-12H,2-3,8-9H2,1H3/b19-11-,24-21?. The van der Waals surface area contributed by atoms with Crippen molar-refractivity contribution in [1.29, 1.82) is 0 Å². The second kappa shape index (κ2) is 9.02. The minimum atomic E-state index is -0.421. The molecule has 0 atom stereocenters. The summed E-state index contributed by atoms with van der Waals surface area (Å²) in [5, 5.41) is 12.3. The first-order chi connectivity index (χ1) is 14.8. The molecule has 1 amide bonds. The fraction of sp³-hybridized carbons (Fsp3) is 0.238. The first kappa shape index (κ1) is 21.9. The molecule has 0 aliphatic carbocycles. The number of nitro groups is 1. The number of carbonyl (C=O) groups excluding carboxylic acids is 1. The highest BCUT2D eigenvalue weighted by Crippen LogP contribution is 2.37. The minimum Gasteiger partial charge on any atom is -0.371 e. The maximum absolute atomic E-state index is 12.9. The number of benzene rings is 2. The number of amides is 1. The number of nitrogens with zero attached hydrogens (tertiary/aromatic N) is 4. The normalized spacial score (nSPS) is 19.1. The van der Waals surface area contributed by atoms with Crippen molar-refractivity contribution in [3.05, 3.63) is 66.5 Å². The number of likely N-dealkylation sites (N-methyl/N-ethyl adjacent to an activating group) is 1. The van der Waals surface area contributed by atoms with Crippen LogP contribution in [0, 0.1) is 10.1 Å². The van der Waals surface area contributed by atoms with E-state index in [1.54, 1.807) is 37.4 Å². The number of halogens is 2. The maximum atomic E-state index is 12.9. The number of anilines is 1. The van der Waals surface area contributed by atoms with Crippen LogP contribution in [0.25, 0.3) is 6.08 Å². The predicted molar refractivity (Wildman–Crippen MR) is 129 cm³/mol. The van der Waals surface area contributed by atoms with Gasteiger partial charge in [0.15, 0.2) is 5.17 Å². The molecule has 2 fully saturated rings. The zero-order chi connectivity index (χ0) is 22.1. The number of thioether (sulfide) groups is 1. The number of aliphatic imine (C=N–C) groups is 1. The van der Waals surface area contributed by atoms with E-state index in [1.807, 2.05) is 0 Å². The molecule has 10 heteroatoms. The van der Waals surface area contributed by atoms with Gasteiger partial charge in [-0.2, -0.15) is 0 Å². The second-order valence-corrected chi connectivity index (χ2v) is 9.43. The van der Waals surface area contributed by atoms with Crippen molar-refractivity contribution in [1.82, 2.24) is 4.90 Å². The van der Waals surface area contributed by atoms with Gasteiger partial charge in [0.1, 0.15) is 0 Å². The number of non-ortho nitro benzene ring substituents is 1. The van der Waals surface area contributed by atoms with Gasteiger partial charge >= 0.3 is 0 Å². The van der Waals surface area contributed by atoms with Crippen molar-refractivity contribution in [2.45, 2.75) is 12.8 Å². The van der Waals surface area contributed by atoms with E-state index in [4.69, 9.17) is 11.6 Å². The highest BCUT2D eigenvalue weighted by atomic mass is 79.9. The Morgan fingerprint density at radius 3 is 2.65 bits per heavy atom. The largest absolute Gasteiger partial charge is 0.371 e. The van der Waals surface area contributed by atoms with Gasteiger partial charge in [-0.1, -0.05) is 11.6 Å². The molecular formula is C21H18BrClN4O3S. The lowest BCUT2D eigenvalue weighted by molar-refractivity contribution is -0.384. The predicted octanol–water partition coefficient (Wildman–Crippen LogP) is 5.84. The molecule has 2 aliphatic rings. The fourth-order valence-corrected chi connectivity index (χ4v) is 4.87. The molecule has 0 bridgehead atoms. The van der Waals surface area contributed by atoms with Gasteiger partial charge in [-0.25, -0.2) is 4.99 Å². The Hall–Kier alpha value is -2.36. The van der Waals surface area contributed by atoms with Crippen molar-refractivity contribution in [3.63, 3.8) is 0 Å². The van der Waals surface area contributed by atoms with Crippen LogP contribution in [-0.2, 0) is 4.79 Å². The summed E-state index contributed by atoms with van der Waals surface area (Å²) in [6, 6.07) is 10.1. The molecule has 0 spiro atoms. The number of nitro benzene ring substituents is 1. The van der Waals surface area contributed by atoms with Gasteiger partial charge in [0.05, 0.1) is 20.5 Å². The van der Waals surface area contributed by atoms with Crippen LogP contribution in [0.5, 0.6) is 0 Å². The molecule has 2 heterocycles. The number of hydrogen-bond donors (Lipinski definition) is 0. The number of amidine groups is 1. The molecule has 160 valence electrons. The minimum absolute atomic E-state index is 0.00278. The molecule has 2 saturated heterocycles. The summed E-state index contributed by atoms with van der Waals surface area (Å²) in [6.45, 7) is 1.79. The van der Waals surface area contributed by atoms with E-state index < -0.39 is 4.92 Å². The lowest BCUT2D eigenvalue weighted by Gasteiger charge is -2.20. The smallest absolute Gasteiger partial charge is 0.270 e. The van der Waals surface area contributed by atoms with Crippen molar-refractivity contribution in [2.24, 2.45) is 4.99 Å². The van der Waals surface area contributed by atoms with Crippen molar-refractivity contribution in [3.8, 4) is 0 Å². The van der Waals surface area contributed by atoms with Crippen LogP contribution < -0.4 is 4.90 Å². The lowest BCUT2D eigenvalue weighted by atomic mass is 10.1. The Kier molecular flexibility index (Phi) is 6.36. The van der Waals surface area contributed by atoms with Gasteiger partial charge < -0.3 is 4.90 Å². The van der Waals surface area contributed by atoms with Gasteiger partial charge in [0.25, 0.3) is 11.6 Å². The molecule has 0 radical (unpaired) electrons. The van der Waals surface area contributed by atoms with E-state index in [2.05, 4.69) is 25.8 Å².